The second-order valence-electron chi connectivity index (χ2n) is 16.0. The molecule has 12 rings (SSSR count). The molecule has 9 aromatic carbocycles. The van der Waals surface area contributed by atoms with Gasteiger partial charge >= 0.3 is 0 Å². The van der Waals surface area contributed by atoms with Crippen LogP contribution in [0.1, 0.15) is 22.3 Å². The van der Waals surface area contributed by atoms with Crippen LogP contribution in [0, 0.1) is 0 Å². The lowest BCUT2D eigenvalue weighted by Gasteiger charge is -2.34. The normalized spacial score (nSPS) is 12.6. The molecular formula is C59H38N2O. The van der Waals surface area contributed by atoms with E-state index in [9.17, 15) is 0 Å². The lowest BCUT2D eigenvalue weighted by atomic mass is 9.67. The number of rotatable bonds is 7. The quantitative estimate of drug-likeness (QED) is 0.161. The molecular weight excluding hydrogens is 753 g/mol. The van der Waals surface area contributed by atoms with Gasteiger partial charge < -0.3 is 4.42 Å². The SMILES string of the molecule is c1ccc(-c2nc(-c3ccc(-c4ccc5oc6ccccc6c5c4)cc3)cc(-c3ccccc3-c3ccc4c(c3)C(c3ccccc3)(c3ccccc3)c3ccccc3-4)n2)cc1. The van der Waals surface area contributed by atoms with Crippen molar-refractivity contribution in [1.29, 1.82) is 0 Å². The van der Waals surface area contributed by atoms with Gasteiger partial charge in [-0.1, -0.05) is 200 Å². The Morgan fingerprint density at radius 1 is 0.306 bits per heavy atom. The fourth-order valence-corrected chi connectivity index (χ4v) is 9.76. The summed E-state index contributed by atoms with van der Waals surface area (Å²) < 4.78 is 6.12. The van der Waals surface area contributed by atoms with Crippen LogP contribution >= 0.6 is 0 Å². The Labute approximate surface area is 360 Å². The average Bonchev–Trinajstić information content (AvgIpc) is 3.88. The molecule has 0 radical (unpaired) electrons. The fraction of sp³-hybridized carbons (Fsp3) is 0.0169. The topological polar surface area (TPSA) is 38.9 Å². The molecule has 0 unspecified atom stereocenters. The lowest BCUT2D eigenvalue weighted by Crippen LogP contribution is -2.28. The smallest absolute Gasteiger partial charge is 0.160 e. The first-order valence-electron chi connectivity index (χ1n) is 21.1. The second kappa shape index (κ2) is 14.5. The van der Waals surface area contributed by atoms with Crippen LogP contribution < -0.4 is 0 Å². The zero-order valence-corrected chi connectivity index (χ0v) is 33.7. The van der Waals surface area contributed by atoms with Crippen LogP contribution in [-0.4, -0.2) is 9.97 Å². The van der Waals surface area contributed by atoms with E-state index in [-0.39, 0.29) is 0 Å². The van der Waals surface area contributed by atoms with Crippen molar-refractivity contribution in [3.63, 3.8) is 0 Å². The lowest BCUT2D eigenvalue weighted by molar-refractivity contribution is 0.669. The van der Waals surface area contributed by atoms with E-state index < -0.39 is 5.41 Å². The number of nitrogens with zero attached hydrogens (tertiary/aromatic N) is 2. The van der Waals surface area contributed by atoms with Crippen LogP contribution in [0.4, 0.5) is 0 Å². The van der Waals surface area contributed by atoms with Crippen molar-refractivity contribution in [2.24, 2.45) is 0 Å². The molecule has 290 valence electrons. The van der Waals surface area contributed by atoms with Gasteiger partial charge in [-0.2, -0.15) is 0 Å². The Bertz CT molecular complexity index is 3400. The van der Waals surface area contributed by atoms with Gasteiger partial charge in [0.1, 0.15) is 11.2 Å². The largest absolute Gasteiger partial charge is 0.456 e. The van der Waals surface area contributed by atoms with Crippen LogP contribution in [0.3, 0.4) is 0 Å². The summed E-state index contributed by atoms with van der Waals surface area (Å²) in [6.45, 7) is 0. The first-order chi connectivity index (χ1) is 30.7. The van der Waals surface area contributed by atoms with Crippen LogP contribution in [0.5, 0.6) is 0 Å². The van der Waals surface area contributed by atoms with Gasteiger partial charge in [0.2, 0.25) is 0 Å². The molecule has 0 atom stereocenters. The molecule has 2 heterocycles. The maximum absolute atomic E-state index is 6.12. The van der Waals surface area contributed by atoms with Crippen molar-refractivity contribution in [2.75, 3.05) is 0 Å². The highest BCUT2D eigenvalue weighted by atomic mass is 16.3. The molecule has 0 bridgehead atoms. The third kappa shape index (κ3) is 5.74. The highest BCUT2D eigenvalue weighted by Crippen LogP contribution is 2.57. The van der Waals surface area contributed by atoms with Gasteiger partial charge in [-0.3, -0.25) is 0 Å². The number of fused-ring (bicyclic) bond motifs is 6. The Hall–Kier alpha value is -8.14. The minimum Gasteiger partial charge on any atom is -0.456 e. The minimum absolute atomic E-state index is 0.494. The molecule has 62 heavy (non-hydrogen) atoms. The van der Waals surface area contributed by atoms with Gasteiger partial charge in [-0.05, 0) is 86.0 Å². The van der Waals surface area contributed by atoms with Gasteiger partial charge in [0.05, 0.1) is 16.8 Å². The van der Waals surface area contributed by atoms with Crippen molar-refractivity contribution in [3.8, 4) is 67.3 Å². The number of hydrogen-bond donors (Lipinski definition) is 0. The molecule has 0 amide bonds. The van der Waals surface area contributed by atoms with Crippen molar-refractivity contribution < 1.29 is 4.42 Å². The van der Waals surface area contributed by atoms with E-state index in [1.807, 2.05) is 30.3 Å². The molecule has 11 aromatic rings. The monoisotopic (exact) mass is 790 g/mol. The molecule has 0 fully saturated rings. The Morgan fingerprint density at radius 3 is 1.61 bits per heavy atom. The number of para-hydroxylation sites is 1. The van der Waals surface area contributed by atoms with E-state index in [0.29, 0.717) is 5.82 Å². The summed E-state index contributed by atoms with van der Waals surface area (Å²) >= 11 is 0. The Balaban J connectivity index is 0.997. The minimum atomic E-state index is -0.494. The summed E-state index contributed by atoms with van der Waals surface area (Å²) in [5, 5.41) is 2.24. The van der Waals surface area contributed by atoms with Crippen molar-refractivity contribution in [1.82, 2.24) is 9.97 Å². The maximum atomic E-state index is 6.12. The molecule has 3 nitrogen and oxygen atoms in total. The molecule has 0 aliphatic heterocycles. The summed E-state index contributed by atoms with van der Waals surface area (Å²) in [5.41, 5.74) is 18.2. The van der Waals surface area contributed by atoms with Crippen molar-refractivity contribution in [2.45, 2.75) is 5.41 Å². The predicted molar refractivity (Wildman–Crippen MR) is 254 cm³/mol. The molecule has 0 spiro atoms. The highest BCUT2D eigenvalue weighted by Gasteiger charge is 2.46. The summed E-state index contributed by atoms with van der Waals surface area (Å²) in [7, 11) is 0. The molecule has 2 aromatic heterocycles. The zero-order valence-electron chi connectivity index (χ0n) is 33.7. The number of hydrogen-bond acceptors (Lipinski definition) is 3. The van der Waals surface area contributed by atoms with E-state index in [1.54, 1.807) is 0 Å². The Morgan fingerprint density at radius 2 is 0.855 bits per heavy atom. The van der Waals surface area contributed by atoms with Crippen LogP contribution in [0.15, 0.2) is 235 Å². The van der Waals surface area contributed by atoms with Gasteiger partial charge in [-0.15, -0.1) is 0 Å². The van der Waals surface area contributed by atoms with Crippen molar-refractivity contribution >= 4 is 21.9 Å². The highest BCUT2D eigenvalue weighted by molar-refractivity contribution is 6.06. The van der Waals surface area contributed by atoms with Crippen molar-refractivity contribution in [3.05, 3.63) is 253 Å². The third-order valence-electron chi connectivity index (χ3n) is 12.6. The second-order valence-corrected chi connectivity index (χ2v) is 16.0. The molecule has 0 saturated heterocycles. The van der Waals surface area contributed by atoms with Gasteiger partial charge in [0, 0.05) is 27.5 Å². The molecule has 1 aliphatic rings. The molecule has 1 aliphatic carbocycles. The third-order valence-corrected chi connectivity index (χ3v) is 12.6. The fourth-order valence-electron chi connectivity index (χ4n) is 9.76. The van der Waals surface area contributed by atoms with E-state index in [0.717, 1.165) is 72.3 Å². The molecule has 0 saturated carbocycles. The van der Waals surface area contributed by atoms with Gasteiger partial charge in [-0.25, -0.2) is 9.97 Å². The summed E-state index contributed by atoms with van der Waals surface area (Å²) in [6.07, 6.45) is 0. The average molecular weight is 791 g/mol. The summed E-state index contributed by atoms with van der Waals surface area (Å²) in [6, 6.07) is 82.3. The standard InChI is InChI=1S/C59H38N2O/c1-4-16-41(17-5-1)58-60-54(40-30-28-39(29-31-40)42-33-35-57-51(36-42)50-25-13-15-27-56(50)62-57)38-55(61-58)49-24-11-10-22-46(49)43-32-34-48-47-23-12-14-26-52(47)59(53(48)37-43,44-18-6-2-7-19-44)45-20-8-3-9-21-45/h1-38H. The maximum Gasteiger partial charge on any atom is 0.160 e. The van der Waals surface area contributed by atoms with Gasteiger partial charge in [0.25, 0.3) is 0 Å². The first-order valence-corrected chi connectivity index (χ1v) is 21.1. The van der Waals surface area contributed by atoms with E-state index >= 15 is 0 Å². The summed E-state index contributed by atoms with van der Waals surface area (Å²) in [5.74, 6) is 0.686. The molecule has 3 heteroatoms. The first kappa shape index (κ1) is 35.8. The van der Waals surface area contributed by atoms with E-state index in [4.69, 9.17) is 14.4 Å². The zero-order chi connectivity index (χ0) is 41.0. The number of benzene rings is 9. The van der Waals surface area contributed by atoms with Crippen LogP contribution in [-0.2, 0) is 5.41 Å². The predicted octanol–water partition coefficient (Wildman–Crippen LogP) is 15.1. The summed E-state index contributed by atoms with van der Waals surface area (Å²) in [4.78, 5) is 10.5. The van der Waals surface area contributed by atoms with Crippen LogP contribution in [0.25, 0.3) is 89.2 Å². The molecule has 0 N–H and O–H groups in total. The van der Waals surface area contributed by atoms with E-state index in [2.05, 4.69) is 200 Å². The Kier molecular flexibility index (Phi) is 8.39. The van der Waals surface area contributed by atoms with Gasteiger partial charge in [0.15, 0.2) is 5.82 Å². The number of aromatic nitrogens is 2. The van der Waals surface area contributed by atoms with E-state index in [1.165, 1.54) is 33.4 Å². The van der Waals surface area contributed by atoms with Crippen LogP contribution in [0.2, 0.25) is 0 Å². The number of furan rings is 1.